The number of nitrogens with zero attached hydrogens (tertiary/aromatic N) is 2. The molecule has 0 N–H and O–H groups in total. The van der Waals surface area contributed by atoms with Gasteiger partial charge in [0.1, 0.15) is 5.54 Å². The average Bonchev–Trinajstić information content (AvgIpc) is 2.97. The van der Waals surface area contributed by atoms with Crippen LogP contribution in [0, 0.1) is 0 Å². The normalized spacial score (nSPS) is 25.3. The first-order chi connectivity index (χ1) is 11.8. The Morgan fingerprint density at radius 3 is 2.44 bits per heavy atom. The number of carbonyl (C=O) groups is 1. The summed E-state index contributed by atoms with van der Waals surface area (Å²) in [7, 11) is -3.62. The van der Waals surface area contributed by atoms with Gasteiger partial charge in [0.05, 0.1) is 5.75 Å². The maximum atomic E-state index is 13.2. The van der Waals surface area contributed by atoms with Crippen molar-refractivity contribution >= 4 is 27.5 Å². The van der Waals surface area contributed by atoms with Crippen molar-refractivity contribution in [3.63, 3.8) is 0 Å². The van der Waals surface area contributed by atoms with E-state index in [4.69, 9.17) is 11.6 Å². The number of hydrogen-bond acceptors (Lipinski definition) is 3. The summed E-state index contributed by atoms with van der Waals surface area (Å²) in [4.78, 5) is 15.0. The van der Waals surface area contributed by atoms with Gasteiger partial charge in [0.2, 0.25) is 15.9 Å². The molecule has 0 saturated carbocycles. The molecule has 7 heteroatoms. The Labute approximate surface area is 155 Å². The second kappa shape index (κ2) is 6.89. The quantitative estimate of drug-likeness (QED) is 0.801. The molecular weight excluding hydrogens is 360 g/mol. The van der Waals surface area contributed by atoms with E-state index in [1.165, 1.54) is 4.31 Å². The first-order valence-corrected chi connectivity index (χ1v) is 10.8. The number of carbonyl (C=O) groups excluding carboxylic acids is 1. The number of halogens is 1. The molecule has 5 nitrogen and oxygen atoms in total. The maximum absolute atomic E-state index is 13.2. The van der Waals surface area contributed by atoms with Crippen LogP contribution in [-0.2, 0) is 20.6 Å². The lowest BCUT2D eigenvalue weighted by Gasteiger charge is -2.45. The molecule has 138 valence electrons. The summed E-state index contributed by atoms with van der Waals surface area (Å²) in [5, 5.41) is 0.443. The van der Waals surface area contributed by atoms with Crippen molar-refractivity contribution in [1.29, 1.82) is 0 Å². The fraction of sp³-hybridized carbons (Fsp3) is 0.611. The van der Waals surface area contributed by atoms with E-state index in [1.807, 2.05) is 18.7 Å². The smallest absolute Gasteiger partial charge is 0.244 e. The zero-order valence-electron chi connectivity index (χ0n) is 14.7. The lowest BCUT2D eigenvalue weighted by Crippen LogP contribution is -2.62. The zero-order chi connectivity index (χ0) is 18.2. The first kappa shape index (κ1) is 18.7. The number of amides is 1. The van der Waals surface area contributed by atoms with E-state index in [0.717, 1.165) is 12.8 Å². The topological polar surface area (TPSA) is 57.7 Å². The van der Waals surface area contributed by atoms with Crippen LogP contribution >= 0.6 is 11.6 Å². The zero-order valence-corrected chi connectivity index (χ0v) is 16.3. The van der Waals surface area contributed by atoms with Crippen LogP contribution in [0.25, 0.3) is 0 Å². The van der Waals surface area contributed by atoms with Crippen molar-refractivity contribution in [3.8, 4) is 0 Å². The Bertz CT molecular complexity index is 765. The standard InChI is InChI=1S/C18H25ClN2O3S/c1-14(2)20-11-5-9-18(17(20)22)10-6-12-21(18)25(23,24)13-15-7-3-4-8-16(15)19/h3-4,7-8,14H,5-6,9-13H2,1-2H3. The predicted octanol–water partition coefficient (Wildman–Crippen LogP) is 3.04. The monoisotopic (exact) mass is 384 g/mol. The van der Waals surface area contributed by atoms with E-state index in [2.05, 4.69) is 0 Å². The fourth-order valence-corrected chi connectivity index (χ4v) is 6.41. The van der Waals surface area contributed by atoms with Gasteiger partial charge in [-0.15, -0.1) is 0 Å². The van der Waals surface area contributed by atoms with Gasteiger partial charge in [-0.05, 0) is 51.2 Å². The third kappa shape index (κ3) is 3.32. The highest BCUT2D eigenvalue weighted by Crippen LogP contribution is 2.41. The van der Waals surface area contributed by atoms with Crippen LogP contribution in [0.1, 0.15) is 45.1 Å². The molecule has 1 atom stereocenters. The van der Waals surface area contributed by atoms with Crippen LogP contribution in [0.3, 0.4) is 0 Å². The highest BCUT2D eigenvalue weighted by molar-refractivity contribution is 7.88. The fourth-order valence-electron chi connectivity index (χ4n) is 4.12. The molecule has 1 aromatic carbocycles. The third-order valence-corrected chi connectivity index (χ3v) is 7.58. The number of likely N-dealkylation sites (tertiary alicyclic amines) is 1. The molecule has 2 saturated heterocycles. The summed E-state index contributed by atoms with van der Waals surface area (Å²) < 4.78 is 27.8. The number of sulfonamides is 1. The number of hydrogen-bond donors (Lipinski definition) is 0. The van der Waals surface area contributed by atoms with Crippen LogP contribution < -0.4 is 0 Å². The molecule has 3 rings (SSSR count). The van der Waals surface area contributed by atoms with Gasteiger partial charge >= 0.3 is 0 Å². The van der Waals surface area contributed by atoms with Gasteiger partial charge in [0, 0.05) is 24.2 Å². The molecule has 25 heavy (non-hydrogen) atoms. The van der Waals surface area contributed by atoms with Crippen molar-refractivity contribution < 1.29 is 13.2 Å². The second-order valence-corrected chi connectivity index (χ2v) is 9.55. The van der Waals surface area contributed by atoms with E-state index >= 15 is 0 Å². The van der Waals surface area contributed by atoms with E-state index in [1.54, 1.807) is 24.3 Å². The predicted molar refractivity (Wildman–Crippen MR) is 98.8 cm³/mol. The Balaban J connectivity index is 1.93. The average molecular weight is 385 g/mol. The molecule has 2 aliphatic rings. The van der Waals surface area contributed by atoms with Gasteiger partial charge in [0.25, 0.3) is 0 Å². The Morgan fingerprint density at radius 1 is 1.16 bits per heavy atom. The molecule has 2 fully saturated rings. The number of benzene rings is 1. The van der Waals surface area contributed by atoms with Crippen LogP contribution in [0.2, 0.25) is 5.02 Å². The second-order valence-electron chi connectivity index (χ2n) is 7.25. The Hall–Kier alpha value is -1.11. The lowest BCUT2D eigenvalue weighted by atomic mass is 9.86. The molecule has 0 aromatic heterocycles. The van der Waals surface area contributed by atoms with Gasteiger partial charge in [-0.3, -0.25) is 4.79 Å². The summed E-state index contributed by atoms with van der Waals surface area (Å²) in [6.45, 7) is 5.07. The van der Waals surface area contributed by atoms with Crippen molar-refractivity contribution in [2.45, 2.75) is 56.9 Å². The van der Waals surface area contributed by atoms with Crippen molar-refractivity contribution in [2.75, 3.05) is 13.1 Å². The summed E-state index contributed by atoms with van der Waals surface area (Å²) >= 11 is 6.15. The van der Waals surface area contributed by atoms with E-state index in [-0.39, 0.29) is 17.7 Å². The van der Waals surface area contributed by atoms with Crippen LogP contribution in [-0.4, -0.2) is 48.2 Å². The molecule has 1 aromatic rings. The van der Waals surface area contributed by atoms with Crippen molar-refractivity contribution in [2.24, 2.45) is 0 Å². The summed E-state index contributed by atoms with van der Waals surface area (Å²) in [5.74, 6) is -0.197. The lowest BCUT2D eigenvalue weighted by molar-refractivity contribution is -0.146. The van der Waals surface area contributed by atoms with Crippen molar-refractivity contribution in [1.82, 2.24) is 9.21 Å². The molecular formula is C18H25ClN2O3S. The van der Waals surface area contributed by atoms with Crippen LogP contribution in [0.5, 0.6) is 0 Å². The molecule has 1 spiro atoms. The minimum absolute atomic E-state index is 0.0333. The van der Waals surface area contributed by atoms with Gasteiger partial charge in [-0.1, -0.05) is 29.8 Å². The van der Waals surface area contributed by atoms with E-state index < -0.39 is 15.6 Å². The van der Waals surface area contributed by atoms with Crippen LogP contribution in [0.15, 0.2) is 24.3 Å². The molecule has 1 amide bonds. The van der Waals surface area contributed by atoms with E-state index in [0.29, 0.717) is 36.5 Å². The molecule has 0 aliphatic carbocycles. The van der Waals surface area contributed by atoms with Gasteiger partial charge in [0.15, 0.2) is 0 Å². The highest BCUT2D eigenvalue weighted by atomic mass is 35.5. The summed E-state index contributed by atoms with van der Waals surface area (Å²) in [6.07, 6.45) is 2.77. The molecule has 2 aliphatic heterocycles. The Kier molecular flexibility index (Phi) is 5.15. The maximum Gasteiger partial charge on any atom is 0.244 e. The van der Waals surface area contributed by atoms with Crippen LogP contribution in [0.4, 0.5) is 0 Å². The SMILES string of the molecule is CC(C)N1CCCC2(CCCN2S(=O)(=O)Cc2ccccc2Cl)C1=O. The largest absolute Gasteiger partial charge is 0.339 e. The van der Waals surface area contributed by atoms with Gasteiger partial charge in [-0.25, -0.2) is 8.42 Å². The number of piperidine rings is 1. The Morgan fingerprint density at radius 2 is 1.80 bits per heavy atom. The van der Waals surface area contributed by atoms with Gasteiger partial charge < -0.3 is 4.90 Å². The molecule has 2 heterocycles. The van der Waals surface area contributed by atoms with E-state index in [9.17, 15) is 13.2 Å². The molecule has 0 radical (unpaired) electrons. The first-order valence-electron chi connectivity index (χ1n) is 8.83. The van der Waals surface area contributed by atoms with Gasteiger partial charge in [-0.2, -0.15) is 4.31 Å². The minimum Gasteiger partial charge on any atom is -0.339 e. The minimum atomic E-state index is -3.62. The molecule has 1 unspecified atom stereocenters. The highest BCUT2D eigenvalue weighted by Gasteiger charge is 2.55. The number of rotatable bonds is 4. The molecule has 0 bridgehead atoms. The van der Waals surface area contributed by atoms with Crippen molar-refractivity contribution in [3.05, 3.63) is 34.9 Å². The third-order valence-electron chi connectivity index (χ3n) is 5.33. The summed E-state index contributed by atoms with van der Waals surface area (Å²) in [5.41, 5.74) is -0.321. The summed E-state index contributed by atoms with van der Waals surface area (Å²) in [6, 6.07) is 7.06.